The third-order valence-electron chi connectivity index (χ3n) is 6.66. The molecular weight excluding hydrogens is 484 g/mol. The lowest BCUT2D eigenvalue weighted by atomic mass is 9.72. The van der Waals surface area contributed by atoms with E-state index < -0.39 is 21.9 Å². The van der Waals surface area contributed by atoms with Gasteiger partial charge in [0.15, 0.2) is 0 Å². The second-order valence-electron chi connectivity index (χ2n) is 9.80. The van der Waals surface area contributed by atoms with Gasteiger partial charge in [0, 0.05) is 23.5 Å². The van der Waals surface area contributed by atoms with E-state index in [1.807, 2.05) is 0 Å². The molecule has 2 aromatic rings. The Morgan fingerprint density at radius 3 is 2.29 bits per heavy atom. The molecule has 7 nitrogen and oxygen atoms in total. The Morgan fingerprint density at radius 1 is 1.11 bits per heavy atom. The van der Waals surface area contributed by atoms with Crippen LogP contribution in [-0.4, -0.2) is 44.3 Å². The molecule has 1 aromatic carbocycles. The standard InChI is InChI=1S/C26H36N2O5S2/c1-7-28(8-2)35(31,32)19-13-10-17(11-14-19)23(29)27-24-22(25(30)33-9-3)20-15-12-18(26(4,5)6)16-21(20)34-24/h10-11,13-14,18H,7-9,12,15-16H2,1-6H3,(H,27,29). The zero-order chi connectivity index (χ0) is 26.0. The molecule has 0 bridgehead atoms. The van der Waals surface area contributed by atoms with Crippen LogP contribution in [0.1, 0.15) is 79.1 Å². The topological polar surface area (TPSA) is 92.8 Å². The number of nitrogens with one attached hydrogen (secondary N) is 1. The maximum Gasteiger partial charge on any atom is 0.341 e. The van der Waals surface area contributed by atoms with Gasteiger partial charge in [-0.25, -0.2) is 13.2 Å². The number of carbonyl (C=O) groups is 2. The molecule has 0 fully saturated rings. The average molecular weight is 521 g/mol. The molecule has 1 unspecified atom stereocenters. The molecule has 1 aromatic heterocycles. The molecule has 1 heterocycles. The lowest BCUT2D eigenvalue weighted by Gasteiger charge is -2.33. The summed E-state index contributed by atoms with van der Waals surface area (Å²) in [7, 11) is -3.60. The van der Waals surface area contributed by atoms with E-state index in [4.69, 9.17) is 4.74 Å². The highest BCUT2D eigenvalue weighted by Crippen LogP contribution is 2.44. The molecule has 192 valence electrons. The number of fused-ring (bicyclic) bond motifs is 1. The van der Waals surface area contributed by atoms with Crippen molar-refractivity contribution in [2.75, 3.05) is 25.0 Å². The third kappa shape index (κ3) is 5.78. The number of carbonyl (C=O) groups excluding carboxylic acids is 2. The lowest BCUT2D eigenvalue weighted by molar-refractivity contribution is 0.0526. The van der Waals surface area contributed by atoms with E-state index in [1.54, 1.807) is 20.8 Å². The second kappa shape index (κ2) is 10.8. The van der Waals surface area contributed by atoms with Crippen LogP contribution in [0, 0.1) is 11.3 Å². The van der Waals surface area contributed by atoms with Gasteiger partial charge in [-0.15, -0.1) is 11.3 Å². The average Bonchev–Trinajstić information content (AvgIpc) is 3.16. The predicted octanol–water partition coefficient (Wildman–Crippen LogP) is 5.36. The Hall–Kier alpha value is -2.23. The highest BCUT2D eigenvalue weighted by molar-refractivity contribution is 7.89. The predicted molar refractivity (Wildman–Crippen MR) is 140 cm³/mol. The highest BCUT2D eigenvalue weighted by atomic mass is 32.2. The Kier molecular flexibility index (Phi) is 8.44. The molecule has 3 rings (SSSR count). The van der Waals surface area contributed by atoms with E-state index in [9.17, 15) is 18.0 Å². The monoisotopic (exact) mass is 520 g/mol. The minimum atomic E-state index is -3.60. The number of amides is 1. The number of rotatable bonds is 8. The Bertz CT molecular complexity index is 1170. The summed E-state index contributed by atoms with van der Waals surface area (Å²) in [6.45, 7) is 13.0. The van der Waals surface area contributed by atoms with Crippen molar-refractivity contribution in [1.29, 1.82) is 0 Å². The van der Waals surface area contributed by atoms with Crippen LogP contribution < -0.4 is 5.32 Å². The first-order valence-corrected chi connectivity index (χ1v) is 14.4. The van der Waals surface area contributed by atoms with Crippen LogP contribution in [-0.2, 0) is 27.6 Å². The fourth-order valence-corrected chi connectivity index (χ4v) is 7.27. The normalized spacial score (nSPS) is 16.1. The number of hydrogen-bond donors (Lipinski definition) is 1. The van der Waals surface area contributed by atoms with Crippen LogP contribution in [0.5, 0.6) is 0 Å². The summed E-state index contributed by atoms with van der Waals surface area (Å²) in [6.07, 6.45) is 2.62. The molecule has 0 aliphatic heterocycles. The van der Waals surface area contributed by atoms with Crippen molar-refractivity contribution in [2.45, 2.75) is 65.7 Å². The van der Waals surface area contributed by atoms with Gasteiger partial charge >= 0.3 is 5.97 Å². The molecule has 1 atom stereocenters. The number of hydrogen-bond acceptors (Lipinski definition) is 6. The molecule has 0 saturated heterocycles. The first-order chi connectivity index (χ1) is 16.4. The van der Waals surface area contributed by atoms with Crippen LogP contribution >= 0.6 is 11.3 Å². The van der Waals surface area contributed by atoms with Crippen molar-refractivity contribution in [3.8, 4) is 0 Å². The van der Waals surface area contributed by atoms with Gasteiger partial charge in [0.05, 0.1) is 17.1 Å². The van der Waals surface area contributed by atoms with Crippen LogP contribution in [0.15, 0.2) is 29.2 Å². The summed E-state index contributed by atoms with van der Waals surface area (Å²) in [4.78, 5) is 27.2. The summed E-state index contributed by atoms with van der Waals surface area (Å²) < 4.78 is 32.2. The Balaban J connectivity index is 1.89. The van der Waals surface area contributed by atoms with Crippen LogP contribution in [0.2, 0.25) is 0 Å². The van der Waals surface area contributed by atoms with Crippen molar-refractivity contribution >= 4 is 38.2 Å². The van der Waals surface area contributed by atoms with E-state index in [0.717, 1.165) is 29.7 Å². The van der Waals surface area contributed by atoms with Gasteiger partial charge in [0.2, 0.25) is 10.0 Å². The van der Waals surface area contributed by atoms with Gasteiger partial charge in [0.25, 0.3) is 5.91 Å². The minimum absolute atomic E-state index is 0.143. The van der Waals surface area contributed by atoms with Crippen LogP contribution in [0.4, 0.5) is 5.00 Å². The first kappa shape index (κ1) is 27.4. The number of sulfonamides is 1. The third-order valence-corrected chi connectivity index (χ3v) is 9.89. The molecule has 1 aliphatic carbocycles. The van der Waals surface area contributed by atoms with Crippen molar-refractivity contribution in [3.63, 3.8) is 0 Å². The lowest BCUT2D eigenvalue weighted by Crippen LogP contribution is -2.30. The fourth-order valence-electron chi connectivity index (χ4n) is 4.50. The van der Waals surface area contributed by atoms with Crippen molar-refractivity contribution in [3.05, 3.63) is 45.8 Å². The number of nitrogens with zero attached hydrogens (tertiary/aromatic N) is 1. The van der Waals surface area contributed by atoms with Crippen LogP contribution in [0.3, 0.4) is 0 Å². The maximum absolute atomic E-state index is 13.1. The maximum atomic E-state index is 13.1. The molecule has 1 amide bonds. The second-order valence-corrected chi connectivity index (χ2v) is 12.8. The van der Waals surface area contributed by atoms with Gasteiger partial charge in [0.1, 0.15) is 5.00 Å². The van der Waals surface area contributed by atoms with E-state index in [2.05, 4.69) is 26.1 Å². The molecule has 1 N–H and O–H groups in total. The number of ether oxygens (including phenoxy) is 1. The summed E-state index contributed by atoms with van der Waals surface area (Å²) in [5.74, 6) is -0.323. The van der Waals surface area contributed by atoms with Gasteiger partial charge in [-0.3, -0.25) is 4.79 Å². The molecular formula is C26H36N2O5S2. The van der Waals surface area contributed by atoms with E-state index in [0.29, 0.717) is 35.1 Å². The molecule has 0 radical (unpaired) electrons. The molecule has 35 heavy (non-hydrogen) atoms. The fraction of sp³-hybridized carbons (Fsp3) is 0.538. The van der Waals surface area contributed by atoms with Crippen molar-refractivity contribution in [1.82, 2.24) is 4.31 Å². The van der Waals surface area contributed by atoms with E-state index in [1.165, 1.54) is 39.9 Å². The zero-order valence-electron chi connectivity index (χ0n) is 21.4. The summed E-state index contributed by atoms with van der Waals surface area (Å²) in [5, 5.41) is 3.39. The summed E-state index contributed by atoms with van der Waals surface area (Å²) >= 11 is 1.44. The zero-order valence-corrected chi connectivity index (χ0v) is 23.1. The summed E-state index contributed by atoms with van der Waals surface area (Å²) in [5.41, 5.74) is 1.90. The van der Waals surface area contributed by atoms with Crippen molar-refractivity contribution in [2.24, 2.45) is 11.3 Å². The molecule has 9 heteroatoms. The molecule has 0 spiro atoms. The molecule has 0 saturated carbocycles. The number of thiophene rings is 1. The largest absolute Gasteiger partial charge is 0.462 e. The SMILES string of the molecule is CCOC(=O)c1c(NC(=O)c2ccc(S(=O)(=O)N(CC)CC)cc2)sc2c1CCC(C(C)(C)C)C2. The number of benzene rings is 1. The smallest absolute Gasteiger partial charge is 0.341 e. The quantitative estimate of drug-likeness (QED) is 0.473. The van der Waals surface area contributed by atoms with E-state index in [-0.39, 0.29) is 16.9 Å². The molecule has 1 aliphatic rings. The number of esters is 1. The Morgan fingerprint density at radius 2 is 1.74 bits per heavy atom. The Labute approximate surface area is 212 Å². The van der Waals surface area contributed by atoms with Gasteiger partial charge in [-0.1, -0.05) is 34.6 Å². The van der Waals surface area contributed by atoms with Crippen LogP contribution in [0.25, 0.3) is 0 Å². The number of anilines is 1. The van der Waals surface area contributed by atoms with Gasteiger partial charge < -0.3 is 10.1 Å². The highest BCUT2D eigenvalue weighted by Gasteiger charge is 2.34. The van der Waals surface area contributed by atoms with Gasteiger partial charge in [-0.05, 0) is 67.3 Å². The first-order valence-electron chi connectivity index (χ1n) is 12.2. The summed E-state index contributed by atoms with van der Waals surface area (Å²) in [6, 6.07) is 5.89. The van der Waals surface area contributed by atoms with Crippen molar-refractivity contribution < 1.29 is 22.7 Å². The van der Waals surface area contributed by atoms with E-state index >= 15 is 0 Å². The van der Waals surface area contributed by atoms with Gasteiger partial charge in [-0.2, -0.15) is 4.31 Å². The minimum Gasteiger partial charge on any atom is -0.462 e.